The van der Waals surface area contributed by atoms with Crippen molar-refractivity contribution in [2.45, 2.75) is 19.4 Å². The summed E-state index contributed by atoms with van der Waals surface area (Å²) in [7, 11) is 3.03. The van der Waals surface area contributed by atoms with E-state index in [0.717, 1.165) is 0 Å². The van der Waals surface area contributed by atoms with Crippen LogP contribution in [0.25, 0.3) is 11.1 Å². The summed E-state index contributed by atoms with van der Waals surface area (Å²) in [5.41, 5.74) is 1.84. The topological polar surface area (TPSA) is 99.9 Å². The first-order valence-corrected chi connectivity index (χ1v) is 8.62. The van der Waals surface area contributed by atoms with Gasteiger partial charge in [-0.15, -0.1) is 0 Å². The molecule has 0 saturated carbocycles. The number of carbonyl (C=O) groups is 2. The van der Waals surface area contributed by atoms with Crippen LogP contribution < -0.4 is 14.8 Å². The molecule has 8 nitrogen and oxygen atoms in total. The maximum Gasteiger partial charge on any atom is 0.338 e. The van der Waals surface area contributed by atoms with Crippen LogP contribution in [0, 0.1) is 0 Å². The summed E-state index contributed by atoms with van der Waals surface area (Å²) in [5, 5.41) is 2.72. The van der Waals surface area contributed by atoms with Crippen molar-refractivity contribution in [2.75, 3.05) is 19.5 Å². The molecular formula is C20H20N2O6. The number of ether oxygens (including phenoxy) is 3. The van der Waals surface area contributed by atoms with Gasteiger partial charge in [-0.05, 0) is 36.8 Å². The maximum atomic E-state index is 12.6. The third-order valence-corrected chi connectivity index (χ3v) is 4.15. The molecule has 1 unspecified atom stereocenters. The van der Waals surface area contributed by atoms with Crippen molar-refractivity contribution in [1.82, 2.24) is 4.98 Å². The Morgan fingerprint density at radius 3 is 2.68 bits per heavy atom. The Bertz CT molecular complexity index is 997. The fraction of sp³-hybridized carbons (Fsp3) is 0.250. The second-order valence-corrected chi connectivity index (χ2v) is 5.89. The summed E-state index contributed by atoms with van der Waals surface area (Å²) in [4.78, 5) is 29.1. The molecule has 0 aliphatic heterocycles. The Kier molecular flexibility index (Phi) is 5.78. The lowest BCUT2D eigenvalue weighted by Gasteiger charge is -2.17. The Morgan fingerprint density at radius 2 is 1.96 bits per heavy atom. The van der Waals surface area contributed by atoms with Gasteiger partial charge in [-0.2, -0.15) is 0 Å². The van der Waals surface area contributed by atoms with Gasteiger partial charge in [0.25, 0.3) is 5.91 Å². The Hall–Kier alpha value is -3.55. The molecule has 0 aliphatic carbocycles. The first-order chi connectivity index (χ1) is 13.5. The van der Waals surface area contributed by atoms with Crippen LogP contribution in [0.5, 0.6) is 11.5 Å². The zero-order valence-electron chi connectivity index (χ0n) is 15.7. The lowest BCUT2D eigenvalue weighted by atomic mass is 10.2. The molecule has 146 valence electrons. The molecule has 0 saturated heterocycles. The highest BCUT2D eigenvalue weighted by atomic mass is 16.5. The predicted octanol–water partition coefficient (Wildman–Crippen LogP) is 3.42. The number of anilines is 1. The Balaban J connectivity index is 1.72. The number of hydrogen-bond donors (Lipinski definition) is 1. The number of rotatable bonds is 7. The van der Waals surface area contributed by atoms with E-state index in [4.69, 9.17) is 18.6 Å². The molecule has 0 bridgehead atoms. The summed E-state index contributed by atoms with van der Waals surface area (Å²) in [6.45, 7) is 1.75. The van der Waals surface area contributed by atoms with Crippen molar-refractivity contribution in [3.63, 3.8) is 0 Å². The van der Waals surface area contributed by atoms with Crippen molar-refractivity contribution in [3.8, 4) is 11.5 Å². The highest BCUT2D eigenvalue weighted by molar-refractivity contribution is 5.99. The molecule has 3 rings (SSSR count). The number of hydrogen-bond acceptors (Lipinski definition) is 7. The number of nitrogens with zero attached hydrogens (tertiary/aromatic N) is 1. The molecule has 28 heavy (non-hydrogen) atoms. The number of carbonyl (C=O) groups excluding carboxylic acids is 2. The van der Waals surface area contributed by atoms with Crippen molar-refractivity contribution in [1.29, 1.82) is 0 Å². The second-order valence-electron chi connectivity index (χ2n) is 5.89. The SMILES string of the molecule is CCC(OC(=O)c1ccc2ocnc2c1)C(=O)Nc1ccc(OC)cc1OC. The Morgan fingerprint density at radius 1 is 1.14 bits per heavy atom. The number of esters is 1. The van der Waals surface area contributed by atoms with E-state index >= 15 is 0 Å². The molecule has 1 N–H and O–H groups in total. The number of nitrogens with one attached hydrogen (secondary N) is 1. The minimum absolute atomic E-state index is 0.287. The summed E-state index contributed by atoms with van der Waals surface area (Å²) in [5.74, 6) is -0.0441. The minimum atomic E-state index is -0.965. The Labute approximate surface area is 161 Å². The van der Waals surface area contributed by atoms with Crippen molar-refractivity contribution < 1.29 is 28.2 Å². The highest BCUT2D eigenvalue weighted by Gasteiger charge is 2.23. The van der Waals surface area contributed by atoms with E-state index in [-0.39, 0.29) is 5.56 Å². The van der Waals surface area contributed by atoms with Gasteiger partial charge < -0.3 is 23.9 Å². The van der Waals surface area contributed by atoms with E-state index in [2.05, 4.69) is 10.3 Å². The number of fused-ring (bicyclic) bond motifs is 1. The number of aromatic nitrogens is 1. The van der Waals surface area contributed by atoms with Crippen molar-refractivity contribution in [3.05, 3.63) is 48.4 Å². The zero-order chi connectivity index (χ0) is 20.1. The van der Waals surface area contributed by atoms with Gasteiger partial charge in [0.1, 0.15) is 17.0 Å². The van der Waals surface area contributed by atoms with E-state index in [1.807, 2.05) is 0 Å². The lowest BCUT2D eigenvalue weighted by Crippen LogP contribution is -2.32. The van der Waals surface area contributed by atoms with E-state index in [1.165, 1.54) is 20.6 Å². The summed E-state index contributed by atoms with van der Waals surface area (Å²) in [6, 6.07) is 9.74. The zero-order valence-corrected chi connectivity index (χ0v) is 15.7. The van der Waals surface area contributed by atoms with E-state index in [1.54, 1.807) is 43.3 Å². The number of methoxy groups -OCH3 is 2. The van der Waals surface area contributed by atoms with Gasteiger partial charge in [0.15, 0.2) is 18.1 Å². The first-order valence-electron chi connectivity index (χ1n) is 8.62. The van der Waals surface area contributed by atoms with Gasteiger partial charge in [0.05, 0.1) is 25.5 Å². The smallest absolute Gasteiger partial charge is 0.338 e. The van der Waals surface area contributed by atoms with E-state index < -0.39 is 18.0 Å². The molecule has 0 aliphatic rings. The van der Waals surface area contributed by atoms with Gasteiger partial charge >= 0.3 is 5.97 Å². The number of benzene rings is 2. The average molecular weight is 384 g/mol. The van der Waals surface area contributed by atoms with E-state index in [9.17, 15) is 9.59 Å². The molecule has 2 aromatic carbocycles. The van der Waals surface area contributed by atoms with Gasteiger partial charge in [-0.1, -0.05) is 6.92 Å². The lowest BCUT2D eigenvalue weighted by molar-refractivity contribution is -0.124. The fourth-order valence-electron chi connectivity index (χ4n) is 2.62. The van der Waals surface area contributed by atoms with Crippen LogP contribution >= 0.6 is 0 Å². The normalized spacial score (nSPS) is 11.7. The number of oxazole rings is 1. The summed E-state index contributed by atoms with van der Waals surface area (Å²) in [6.07, 6.45) is 0.638. The van der Waals surface area contributed by atoms with Crippen LogP contribution in [0.15, 0.2) is 47.2 Å². The van der Waals surface area contributed by atoms with Crippen LogP contribution in [0.1, 0.15) is 23.7 Å². The largest absolute Gasteiger partial charge is 0.497 e. The molecule has 8 heteroatoms. The number of amides is 1. The van der Waals surface area contributed by atoms with Crippen LogP contribution in [-0.4, -0.2) is 37.2 Å². The van der Waals surface area contributed by atoms with Crippen LogP contribution in [0.2, 0.25) is 0 Å². The maximum absolute atomic E-state index is 12.6. The third-order valence-electron chi connectivity index (χ3n) is 4.15. The molecule has 0 fully saturated rings. The van der Waals surface area contributed by atoms with Crippen molar-refractivity contribution >= 4 is 28.7 Å². The third kappa shape index (κ3) is 4.06. The molecule has 1 atom stereocenters. The first kappa shape index (κ1) is 19.2. The standard InChI is InChI=1S/C20H20N2O6/c1-4-16(19(23)22-14-7-6-13(25-2)10-18(14)26-3)28-20(24)12-5-8-17-15(9-12)21-11-27-17/h5-11,16H,4H2,1-3H3,(H,22,23). The molecule has 3 aromatic rings. The van der Waals surface area contributed by atoms with Crippen molar-refractivity contribution in [2.24, 2.45) is 0 Å². The van der Waals surface area contributed by atoms with E-state index in [0.29, 0.717) is 34.7 Å². The van der Waals surface area contributed by atoms with Crippen LogP contribution in [-0.2, 0) is 9.53 Å². The quantitative estimate of drug-likeness (QED) is 0.623. The van der Waals surface area contributed by atoms with Crippen LogP contribution in [0.4, 0.5) is 5.69 Å². The highest BCUT2D eigenvalue weighted by Crippen LogP contribution is 2.29. The monoisotopic (exact) mass is 384 g/mol. The molecule has 1 heterocycles. The molecule has 0 spiro atoms. The summed E-state index contributed by atoms with van der Waals surface area (Å²) >= 11 is 0. The molecule has 0 radical (unpaired) electrons. The fourth-order valence-corrected chi connectivity index (χ4v) is 2.62. The molecular weight excluding hydrogens is 364 g/mol. The predicted molar refractivity (Wildman–Crippen MR) is 102 cm³/mol. The average Bonchev–Trinajstić information content (AvgIpc) is 3.19. The molecule has 1 amide bonds. The second kappa shape index (κ2) is 8.43. The van der Waals surface area contributed by atoms with Gasteiger partial charge in [0.2, 0.25) is 0 Å². The van der Waals surface area contributed by atoms with Crippen LogP contribution in [0.3, 0.4) is 0 Å². The van der Waals surface area contributed by atoms with Gasteiger partial charge in [-0.25, -0.2) is 9.78 Å². The van der Waals surface area contributed by atoms with Gasteiger partial charge in [-0.3, -0.25) is 4.79 Å². The van der Waals surface area contributed by atoms with Gasteiger partial charge in [0, 0.05) is 6.07 Å². The molecule has 1 aromatic heterocycles. The minimum Gasteiger partial charge on any atom is -0.497 e. The summed E-state index contributed by atoms with van der Waals surface area (Å²) < 4.78 is 20.9.